The highest BCUT2D eigenvalue weighted by Gasteiger charge is 2.11. The van der Waals surface area contributed by atoms with Crippen molar-refractivity contribution in [3.05, 3.63) is 82.8 Å². The Morgan fingerprint density at radius 3 is 2.50 bits per heavy atom. The first-order chi connectivity index (χ1) is 12.3. The molecule has 2 aromatic carbocycles. The molecule has 0 amide bonds. The fourth-order valence-corrected chi connectivity index (χ4v) is 2.62. The van der Waals surface area contributed by atoms with Crippen molar-refractivity contribution < 1.29 is 26.3 Å². The van der Waals surface area contributed by atoms with Crippen LogP contribution in [0.2, 0.25) is 5.02 Å². The summed E-state index contributed by atoms with van der Waals surface area (Å²) < 4.78 is 16.8. The molecular formula is C20H20Cl2NO3-. The van der Waals surface area contributed by atoms with E-state index in [0.29, 0.717) is 30.5 Å². The van der Waals surface area contributed by atoms with Gasteiger partial charge in [-0.15, -0.1) is 0 Å². The van der Waals surface area contributed by atoms with Gasteiger partial charge in [-0.25, -0.2) is 0 Å². The minimum Gasteiger partial charge on any atom is -1.00 e. The molecule has 0 bridgehead atoms. The highest BCUT2D eigenvalue weighted by Crippen LogP contribution is 2.32. The SMILES string of the molecule is COc1cccc(CNCc2ccco2)c1OCc1ccc(Cl)cc1.[Cl-]. The number of hydrogen-bond donors (Lipinski definition) is 1. The van der Waals surface area contributed by atoms with Crippen molar-refractivity contribution in [1.29, 1.82) is 0 Å². The van der Waals surface area contributed by atoms with Gasteiger partial charge in [0, 0.05) is 17.1 Å². The number of methoxy groups -OCH3 is 1. The molecule has 0 aliphatic rings. The average molecular weight is 393 g/mol. The molecule has 0 aliphatic heterocycles. The van der Waals surface area contributed by atoms with Crippen molar-refractivity contribution in [2.24, 2.45) is 0 Å². The summed E-state index contributed by atoms with van der Waals surface area (Å²) in [5, 5.41) is 4.07. The van der Waals surface area contributed by atoms with Crippen LogP contribution in [0.25, 0.3) is 0 Å². The molecule has 26 heavy (non-hydrogen) atoms. The molecule has 0 atom stereocenters. The predicted molar refractivity (Wildman–Crippen MR) is 98.0 cm³/mol. The van der Waals surface area contributed by atoms with Gasteiger partial charge in [0.05, 0.1) is 19.9 Å². The third-order valence-electron chi connectivity index (χ3n) is 3.77. The van der Waals surface area contributed by atoms with Crippen molar-refractivity contribution in [1.82, 2.24) is 5.32 Å². The Bertz CT molecular complexity index is 789. The maximum Gasteiger partial charge on any atom is 0.166 e. The molecule has 4 nitrogen and oxygen atoms in total. The van der Waals surface area contributed by atoms with Crippen LogP contribution in [-0.4, -0.2) is 7.11 Å². The number of benzene rings is 2. The minimum atomic E-state index is 0. The van der Waals surface area contributed by atoms with Gasteiger partial charge in [-0.1, -0.05) is 35.9 Å². The summed E-state index contributed by atoms with van der Waals surface area (Å²) in [6.45, 7) is 1.75. The maximum atomic E-state index is 6.04. The topological polar surface area (TPSA) is 43.6 Å². The van der Waals surface area contributed by atoms with Gasteiger partial charge in [0.2, 0.25) is 0 Å². The molecule has 0 saturated heterocycles. The fraction of sp³-hybridized carbons (Fsp3) is 0.200. The Morgan fingerprint density at radius 2 is 1.81 bits per heavy atom. The maximum absolute atomic E-state index is 6.04. The van der Waals surface area contributed by atoms with Crippen molar-refractivity contribution >= 4 is 11.6 Å². The normalized spacial score (nSPS) is 10.2. The second kappa shape index (κ2) is 10.1. The van der Waals surface area contributed by atoms with Gasteiger partial charge in [0.1, 0.15) is 12.4 Å². The lowest BCUT2D eigenvalue weighted by Crippen LogP contribution is -3.00. The summed E-state index contributed by atoms with van der Waals surface area (Å²) in [5.41, 5.74) is 2.07. The lowest BCUT2D eigenvalue weighted by molar-refractivity contribution is -0.00000601. The quantitative estimate of drug-likeness (QED) is 0.634. The van der Waals surface area contributed by atoms with Crippen LogP contribution >= 0.6 is 11.6 Å². The van der Waals surface area contributed by atoms with Crippen LogP contribution in [0.1, 0.15) is 16.9 Å². The second-order valence-electron chi connectivity index (χ2n) is 5.55. The van der Waals surface area contributed by atoms with E-state index in [9.17, 15) is 0 Å². The van der Waals surface area contributed by atoms with Crippen molar-refractivity contribution in [2.45, 2.75) is 19.7 Å². The molecule has 1 N–H and O–H groups in total. The van der Waals surface area contributed by atoms with Crippen LogP contribution in [0.3, 0.4) is 0 Å². The Labute approximate surface area is 164 Å². The summed E-state index contributed by atoms with van der Waals surface area (Å²) in [7, 11) is 1.64. The highest BCUT2D eigenvalue weighted by molar-refractivity contribution is 6.30. The molecule has 0 fully saturated rings. The van der Waals surface area contributed by atoms with E-state index in [2.05, 4.69) is 5.32 Å². The Balaban J connectivity index is 0.00000243. The predicted octanol–water partition coefficient (Wildman–Crippen LogP) is 1.81. The molecule has 1 aromatic heterocycles. The summed E-state index contributed by atoms with van der Waals surface area (Å²) in [6, 6.07) is 17.3. The first kappa shape index (κ1) is 20.2. The van der Waals surface area contributed by atoms with E-state index in [1.807, 2.05) is 54.6 Å². The number of hydrogen-bond acceptors (Lipinski definition) is 4. The number of ether oxygens (including phenoxy) is 2. The van der Waals surface area contributed by atoms with Crippen molar-refractivity contribution in [2.75, 3.05) is 7.11 Å². The molecule has 138 valence electrons. The van der Waals surface area contributed by atoms with Crippen molar-refractivity contribution in [3.63, 3.8) is 0 Å². The van der Waals surface area contributed by atoms with Crippen LogP contribution in [0.4, 0.5) is 0 Å². The van der Waals surface area contributed by atoms with Crippen LogP contribution in [0, 0.1) is 0 Å². The van der Waals surface area contributed by atoms with E-state index in [1.165, 1.54) is 0 Å². The molecule has 0 aliphatic carbocycles. The lowest BCUT2D eigenvalue weighted by atomic mass is 10.1. The Morgan fingerprint density at radius 1 is 1.00 bits per heavy atom. The van der Waals surface area contributed by atoms with E-state index >= 15 is 0 Å². The number of rotatable bonds is 8. The van der Waals surface area contributed by atoms with E-state index in [0.717, 1.165) is 22.6 Å². The zero-order valence-electron chi connectivity index (χ0n) is 14.4. The molecule has 0 unspecified atom stereocenters. The molecular weight excluding hydrogens is 373 g/mol. The second-order valence-corrected chi connectivity index (χ2v) is 5.98. The first-order valence-electron chi connectivity index (χ1n) is 8.02. The van der Waals surface area contributed by atoms with Gasteiger partial charge < -0.3 is 31.6 Å². The zero-order chi connectivity index (χ0) is 17.5. The monoisotopic (exact) mass is 392 g/mol. The standard InChI is InChI=1S/C20H20ClNO3.ClH/c1-23-19-6-2-4-16(12-22-13-18-5-3-11-24-18)20(19)25-14-15-7-9-17(21)10-8-15;/h2-11,22H,12-14H2,1H3;1H/p-1. The Kier molecular flexibility index (Phi) is 7.85. The summed E-state index contributed by atoms with van der Waals surface area (Å²) >= 11 is 5.92. The van der Waals surface area contributed by atoms with Gasteiger partial charge in [0.25, 0.3) is 0 Å². The number of halogens is 2. The van der Waals surface area contributed by atoms with E-state index in [1.54, 1.807) is 13.4 Å². The first-order valence-corrected chi connectivity index (χ1v) is 8.40. The van der Waals surface area contributed by atoms with Gasteiger partial charge in [0.15, 0.2) is 11.5 Å². The van der Waals surface area contributed by atoms with Gasteiger partial charge in [-0.05, 0) is 35.9 Å². The number of nitrogens with one attached hydrogen (secondary N) is 1. The summed E-state index contributed by atoms with van der Waals surface area (Å²) in [6.07, 6.45) is 1.67. The number of furan rings is 1. The third-order valence-corrected chi connectivity index (χ3v) is 4.02. The van der Waals surface area contributed by atoms with Crippen molar-refractivity contribution in [3.8, 4) is 11.5 Å². The zero-order valence-corrected chi connectivity index (χ0v) is 15.9. The van der Waals surface area contributed by atoms with Gasteiger partial charge in [-0.3, -0.25) is 0 Å². The van der Waals surface area contributed by atoms with Gasteiger partial charge >= 0.3 is 0 Å². The number of para-hydroxylation sites is 1. The molecule has 0 saturated carbocycles. The van der Waals surface area contributed by atoms with Crippen LogP contribution in [0.5, 0.6) is 11.5 Å². The van der Waals surface area contributed by atoms with Crippen LogP contribution < -0.4 is 27.2 Å². The molecule has 0 spiro atoms. The molecule has 3 rings (SSSR count). The summed E-state index contributed by atoms with van der Waals surface area (Å²) in [5.74, 6) is 2.35. The lowest BCUT2D eigenvalue weighted by Gasteiger charge is -2.15. The van der Waals surface area contributed by atoms with E-state index in [-0.39, 0.29) is 12.4 Å². The van der Waals surface area contributed by atoms with Crippen LogP contribution in [0.15, 0.2) is 65.3 Å². The molecule has 1 heterocycles. The minimum absolute atomic E-state index is 0. The van der Waals surface area contributed by atoms with Gasteiger partial charge in [-0.2, -0.15) is 0 Å². The Hall–Kier alpha value is -2.14. The van der Waals surface area contributed by atoms with E-state index in [4.69, 9.17) is 25.5 Å². The smallest absolute Gasteiger partial charge is 0.166 e. The molecule has 3 aromatic rings. The fourth-order valence-electron chi connectivity index (χ4n) is 2.49. The molecule has 6 heteroatoms. The van der Waals surface area contributed by atoms with E-state index < -0.39 is 0 Å². The third kappa shape index (κ3) is 5.43. The summed E-state index contributed by atoms with van der Waals surface area (Å²) in [4.78, 5) is 0. The average Bonchev–Trinajstić information content (AvgIpc) is 3.15. The highest BCUT2D eigenvalue weighted by atomic mass is 35.5. The van der Waals surface area contributed by atoms with Crippen LogP contribution in [-0.2, 0) is 19.7 Å². The molecule has 0 radical (unpaired) electrons. The largest absolute Gasteiger partial charge is 1.00 e.